The summed E-state index contributed by atoms with van der Waals surface area (Å²) in [7, 11) is 0. The molecule has 0 bridgehead atoms. The highest BCUT2D eigenvalue weighted by Gasteiger charge is 2.31. The lowest BCUT2D eigenvalue weighted by Crippen LogP contribution is -2.31. The van der Waals surface area contributed by atoms with Gasteiger partial charge in [0.15, 0.2) is 5.96 Å². The van der Waals surface area contributed by atoms with Gasteiger partial charge in [-0.25, -0.2) is 0 Å². The smallest absolute Gasteiger partial charge is 0.193 e. The first-order valence-electron chi connectivity index (χ1n) is 9.00. The van der Waals surface area contributed by atoms with Gasteiger partial charge in [-0.05, 0) is 67.2 Å². The zero-order valence-electron chi connectivity index (χ0n) is 14.4. The van der Waals surface area contributed by atoms with Crippen LogP contribution in [0, 0.1) is 5.41 Å². The highest BCUT2D eigenvalue weighted by Crippen LogP contribution is 2.39. The molecule has 2 aliphatic rings. The van der Waals surface area contributed by atoms with Crippen LogP contribution in [0.5, 0.6) is 0 Å². The Balaban J connectivity index is 0.00000208. The molecule has 4 nitrogen and oxygen atoms in total. The van der Waals surface area contributed by atoms with Gasteiger partial charge in [-0.15, -0.1) is 24.0 Å². The highest BCUT2D eigenvalue weighted by molar-refractivity contribution is 14.0. The van der Waals surface area contributed by atoms with Gasteiger partial charge in [0.05, 0.1) is 0 Å². The Bertz CT molecular complexity index is 562. The molecule has 0 atom stereocenters. The van der Waals surface area contributed by atoms with E-state index in [2.05, 4.69) is 28.5 Å². The van der Waals surface area contributed by atoms with Gasteiger partial charge in [-0.1, -0.05) is 25.3 Å². The van der Waals surface area contributed by atoms with Crippen LogP contribution in [0.1, 0.15) is 56.1 Å². The standard InChI is InChI=1S/C19H29N3O.HI/c20-18(21-14-19(11-12-23)9-2-1-3-10-19)22-17-8-7-15-5-4-6-16(15)13-17;/h7-8,13,23H,1-6,9-12,14H2,(H3,20,21,22);1H. The number of aryl methyl sites for hydroxylation is 2. The average molecular weight is 443 g/mol. The molecule has 1 aromatic rings. The van der Waals surface area contributed by atoms with E-state index in [0.29, 0.717) is 5.96 Å². The summed E-state index contributed by atoms with van der Waals surface area (Å²) in [6.45, 7) is 0.963. The van der Waals surface area contributed by atoms with Crippen LogP contribution in [0.3, 0.4) is 0 Å². The molecule has 24 heavy (non-hydrogen) atoms. The number of hydrogen-bond acceptors (Lipinski definition) is 2. The third kappa shape index (κ3) is 4.85. The molecule has 0 radical (unpaired) electrons. The van der Waals surface area contributed by atoms with E-state index >= 15 is 0 Å². The molecule has 0 saturated heterocycles. The van der Waals surface area contributed by atoms with Crippen molar-refractivity contribution in [1.29, 1.82) is 0 Å². The number of hydrogen-bond donors (Lipinski definition) is 3. The predicted molar refractivity (Wildman–Crippen MR) is 111 cm³/mol. The van der Waals surface area contributed by atoms with Crippen LogP contribution in [0.2, 0.25) is 0 Å². The zero-order valence-corrected chi connectivity index (χ0v) is 16.7. The molecule has 1 fully saturated rings. The number of aliphatic hydroxyl groups excluding tert-OH is 1. The van der Waals surface area contributed by atoms with E-state index in [-0.39, 0.29) is 36.0 Å². The third-order valence-corrected chi connectivity index (χ3v) is 5.51. The maximum Gasteiger partial charge on any atom is 0.193 e. The van der Waals surface area contributed by atoms with Gasteiger partial charge in [-0.3, -0.25) is 4.99 Å². The van der Waals surface area contributed by atoms with Crippen LogP contribution in [0.25, 0.3) is 0 Å². The minimum absolute atomic E-state index is 0. The summed E-state index contributed by atoms with van der Waals surface area (Å²) < 4.78 is 0. The lowest BCUT2D eigenvalue weighted by atomic mass is 9.72. The average Bonchev–Trinajstić information content (AvgIpc) is 3.02. The number of aliphatic hydroxyl groups is 1. The van der Waals surface area contributed by atoms with Gasteiger partial charge in [0.2, 0.25) is 0 Å². The summed E-state index contributed by atoms with van der Waals surface area (Å²) in [6, 6.07) is 6.50. The Morgan fingerprint density at radius 2 is 1.88 bits per heavy atom. The number of anilines is 1. The van der Waals surface area contributed by atoms with Gasteiger partial charge in [0.25, 0.3) is 0 Å². The fourth-order valence-corrected chi connectivity index (χ4v) is 4.12. The first-order chi connectivity index (χ1) is 11.2. The molecular weight excluding hydrogens is 413 g/mol. The van der Waals surface area contributed by atoms with Crippen molar-refractivity contribution in [2.24, 2.45) is 16.1 Å². The maximum atomic E-state index is 9.38. The zero-order chi connectivity index (χ0) is 16.1. The summed E-state index contributed by atoms with van der Waals surface area (Å²) in [5.41, 5.74) is 10.2. The third-order valence-electron chi connectivity index (χ3n) is 5.51. The Kier molecular flexibility index (Phi) is 7.34. The molecule has 0 amide bonds. The van der Waals surface area contributed by atoms with E-state index in [1.807, 2.05) is 0 Å². The molecule has 1 aromatic carbocycles. The number of halogens is 1. The Labute approximate surface area is 162 Å². The predicted octanol–water partition coefficient (Wildman–Crippen LogP) is 3.85. The first kappa shape index (κ1) is 19.5. The van der Waals surface area contributed by atoms with Gasteiger partial charge < -0.3 is 16.2 Å². The van der Waals surface area contributed by atoms with E-state index in [4.69, 9.17) is 5.73 Å². The monoisotopic (exact) mass is 443 g/mol. The van der Waals surface area contributed by atoms with Gasteiger partial charge in [0, 0.05) is 18.8 Å². The first-order valence-corrected chi connectivity index (χ1v) is 9.00. The topological polar surface area (TPSA) is 70.6 Å². The molecule has 134 valence electrons. The number of aliphatic imine (C=N–C) groups is 1. The number of nitrogens with one attached hydrogen (secondary N) is 1. The molecule has 0 aromatic heterocycles. The van der Waals surface area contributed by atoms with E-state index in [9.17, 15) is 5.11 Å². The van der Waals surface area contributed by atoms with Gasteiger partial charge in [0.1, 0.15) is 0 Å². The molecule has 0 heterocycles. The van der Waals surface area contributed by atoms with Gasteiger partial charge in [-0.2, -0.15) is 0 Å². The minimum Gasteiger partial charge on any atom is -0.396 e. The quantitative estimate of drug-likeness (QED) is 0.368. The van der Waals surface area contributed by atoms with E-state index in [0.717, 1.165) is 31.5 Å². The number of rotatable bonds is 5. The summed E-state index contributed by atoms with van der Waals surface area (Å²) in [5.74, 6) is 0.492. The number of fused-ring (bicyclic) bond motifs is 1. The summed E-state index contributed by atoms with van der Waals surface area (Å²) >= 11 is 0. The van der Waals surface area contributed by atoms with Crippen LogP contribution in [0.4, 0.5) is 5.69 Å². The lowest BCUT2D eigenvalue weighted by Gasteiger charge is -2.35. The van der Waals surface area contributed by atoms with Crippen LogP contribution in [-0.2, 0) is 12.8 Å². The molecule has 5 heteroatoms. The number of nitrogens with zero attached hydrogens (tertiary/aromatic N) is 1. The Hall–Kier alpha value is -0.820. The van der Waals surface area contributed by atoms with Crippen molar-refractivity contribution in [3.8, 4) is 0 Å². The molecule has 0 spiro atoms. The molecule has 1 saturated carbocycles. The molecular formula is C19H30IN3O. The molecule has 4 N–H and O–H groups in total. The fraction of sp³-hybridized carbons (Fsp3) is 0.632. The number of guanidine groups is 1. The van der Waals surface area contributed by atoms with Crippen LogP contribution in [-0.4, -0.2) is 24.2 Å². The molecule has 0 aliphatic heterocycles. The summed E-state index contributed by atoms with van der Waals surface area (Å²) in [5, 5.41) is 12.6. The normalized spacial score (nSPS) is 19.5. The Morgan fingerprint density at radius 3 is 2.62 bits per heavy atom. The summed E-state index contributed by atoms with van der Waals surface area (Å²) in [4.78, 5) is 4.60. The van der Waals surface area contributed by atoms with Crippen molar-refractivity contribution in [3.63, 3.8) is 0 Å². The second kappa shape index (κ2) is 9.04. The Morgan fingerprint density at radius 1 is 1.12 bits per heavy atom. The molecule has 0 unspecified atom stereocenters. The van der Waals surface area contributed by atoms with Crippen LogP contribution >= 0.6 is 24.0 Å². The number of nitrogens with two attached hydrogens (primary N) is 1. The maximum absolute atomic E-state index is 9.38. The van der Waals surface area contributed by atoms with Gasteiger partial charge >= 0.3 is 0 Å². The van der Waals surface area contributed by atoms with Crippen molar-refractivity contribution in [2.45, 2.75) is 57.8 Å². The van der Waals surface area contributed by atoms with Crippen molar-refractivity contribution in [1.82, 2.24) is 0 Å². The van der Waals surface area contributed by atoms with Crippen LogP contribution in [0.15, 0.2) is 23.2 Å². The van der Waals surface area contributed by atoms with Crippen molar-refractivity contribution < 1.29 is 5.11 Å². The fourth-order valence-electron chi connectivity index (χ4n) is 4.12. The molecule has 2 aliphatic carbocycles. The van der Waals surface area contributed by atoms with Crippen molar-refractivity contribution in [3.05, 3.63) is 29.3 Å². The minimum atomic E-state index is 0. The number of benzene rings is 1. The van der Waals surface area contributed by atoms with Crippen molar-refractivity contribution in [2.75, 3.05) is 18.5 Å². The summed E-state index contributed by atoms with van der Waals surface area (Å²) in [6.07, 6.45) is 10.6. The van der Waals surface area contributed by atoms with E-state index < -0.39 is 0 Å². The second-order valence-corrected chi connectivity index (χ2v) is 7.20. The largest absolute Gasteiger partial charge is 0.396 e. The lowest BCUT2D eigenvalue weighted by molar-refractivity contribution is 0.137. The van der Waals surface area contributed by atoms with E-state index in [1.165, 1.54) is 49.7 Å². The van der Waals surface area contributed by atoms with Crippen molar-refractivity contribution >= 4 is 35.6 Å². The van der Waals surface area contributed by atoms with Crippen LogP contribution < -0.4 is 11.1 Å². The second-order valence-electron chi connectivity index (χ2n) is 7.20. The highest BCUT2D eigenvalue weighted by atomic mass is 127. The molecule has 3 rings (SSSR count). The SMILES string of the molecule is I.NC(=NCC1(CCO)CCCCC1)Nc1ccc2c(c1)CCC2. The van der Waals surface area contributed by atoms with E-state index in [1.54, 1.807) is 0 Å².